The molecule has 19 heavy (non-hydrogen) atoms. The summed E-state index contributed by atoms with van der Waals surface area (Å²) >= 11 is 0. The fourth-order valence-electron chi connectivity index (χ4n) is 1.67. The quantitative estimate of drug-likeness (QED) is 0.854. The van der Waals surface area contributed by atoms with E-state index >= 15 is 0 Å². The van der Waals surface area contributed by atoms with Crippen LogP contribution in [0.15, 0.2) is 29.2 Å². The summed E-state index contributed by atoms with van der Waals surface area (Å²) < 4.78 is 22.7. The van der Waals surface area contributed by atoms with Crippen LogP contribution in [0.2, 0.25) is 0 Å². The van der Waals surface area contributed by atoms with Crippen LogP contribution in [-0.4, -0.2) is 33.7 Å². The number of carbonyl (C=O) groups is 1. The summed E-state index contributed by atoms with van der Waals surface area (Å²) in [7, 11) is -1.60. The zero-order valence-electron chi connectivity index (χ0n) is 11.6. The Morgan fingerprint density at radius 3 is 2.05 bits per heavy atom. The molecule has 0 saturated carbocycles. The van der Waals surface area contributed by atoms with Gasteiger partial charge in [-0.1, -0.05) is 13.8 Å². The van der Waals surface area contributed by atoms with Crippen LogP contribution < -0.4 is 10.6 Å². The SMILES string of the molecule is CNC(=O)C(Nc1ccc(S(C)(=O)=O)cc1)C(C)C. The molecule has 0 aromatic heterocycles. The average molecular weight is 284 g/mol. The summed E-state index contributed by atoms with van der Waals surface area (Å²) in [5.41, 5.74) is 0.717. The third-order valence-corrected chi connectivity index (χ3v) is 3.93. The van der Waals surface area contributed by atoms with Crippen LogP contribution in [0.1, 0.15) is 13.8 Å². The van der Waals surface area contributed by atoms with E-state index in [1.54, 1.807) is 19.2 Å². The minimum absolute atomic E-state index is 0.0952. The molecule has 1 unspecified atom stereocenters. The number of sulfone groups is 1. The standard InChI is InChI=1S/C13H20N2O3S/c1-9(2)12(13(16)14-3)15-10-5-7-11(8-6-10)19(4,17)18/h5-9,12,15H,1-4H3,(H,14,16). The van der Waals surface area contributed by atoms with Gasteiger partial charge in [-0.15, -0.1) is 0 Å². The summed E-state index contributed by atoms with van der Waals surface area (Å²) in [6, 6.07) is 6.02. The maximum absolute atomic E-state index is 11.7. The molecule has 0 heterocycles. The van der Waals surface area contributed by atoms with E-state index in [4.69, 9.17) is 0 Å². The molecule has 1 atom stereocenters. The molecule has 106 valence electrons. The van der Waals surface area contributed by atoms with Crippen LogP contribution in [-0.2, 0) is 14.6 Å². The highest BCUT2D eigenvalue weighted by Crippen LogP contribution is 2.16. The van der Waals surface area contributed by atoms with Gasteiger partial charge in [0, 0.05) is 19.0 Å². The van der Waals surface area contributed by atoms with Gasteiger partial charge in [0.15, 0.2) is 9.84 Å². The number of hydrogen-bond donors (Lipinski definition) is 2. The Morgan fingerprint density at radius 2 is 1.68 bits per heavy atom. The van der Waals surface area contributed by atoms with E-state index in [9.17, 15) is 13.2 Å². The van der Waals surface area contributed by atoms with Crippen LogP contribution in [0.5, 0.6) is 0 Å². The molecule has 1 aromatic rings. The van der Waals surface area contributed by atoms with Crippen LogP contribution in [0, 0.1) is 5.92 Å². The van der Waals surface area contributed by atoms with Gasteiger partial charge in [0.05, 0.1) is 4.90 Å². The molecule has 0 bridgehead atoms. The molecule has 0 aliphatic carbocycles. The molecule has 0 aliphatic heterocycles. The van der Waals surface area contributed by atoms with Gasteiger partial charge in [-0.05, 0) is 30.2 Å². The predicted octanol–water partition coefficient (Wildman–Crippen LogP) is 1.27. The van der Waals surface area contributed by atoms with E-state index in [2.05, 4.69) is 10.6 Å². The van der Waals surface area contributed by atoms with Crippen molar-refractivity contribution >= 4 is 21.4 Å². The molecule has 0 aliphatic rings. The van der Waals surface area contributed by atoms with Crippen LogP contribution in [0.4, 0.5) is 5.69 Å². The van der Waals surface area contributed by atoms with Gasteiger partial charge in [0.2, 0.25) is 5.91 Å². The number of rotatable bonds is 5. The molecule has 0 spiro atoms. The van der Waals surface area contributed by atoms with Crippen molar-refractivity contribution in [1.29, 1.82) is 0 Å². The normalized spacial score (nSPS) is 13.1. The lowest BCUT2D eigenvalue weighted by Gasteiger charge is -2.21. The molecule has 5 nitrogen and oxygen atoms in total. The number of amides is 1. The van der Waals surface area contributed by atoms with Gasteiger partial charge < -0.3 is 10.6 Å². The fraction of sp³-hybridized carbons (Fsp3) is 0.462. The van der Waals surface area contributed by atoms with Crippen LogP contribution in [0.25, 0.3) is 0 Å². The molecule has 2 N–H and O–H groups in total. The van der Waals surface area contributed by atoms with Crippen molar-refractivity contribution in [3.8, 4) is 0 Å². The smallest absolute Gasteiger partial charge is 0.242 e. The zero-order chi connectivity index (χ0) is 14.6. The van der Waals surface area contributed by atoms with Gasteiger partial charge in [-0.25, -0.2) is 8.42 Å². The Morgan fingerprint density at radius 1 is 1.16 bits per heavy atom. The van der Waals surface area contributed by atoms with Crippen molar-refractivity contribution in [2.75, 3.05) is 18.6 Å². The first-order valence-corrected chi connectivity index (χ1v) is 7.93. The topological polar surface area (TPSA) is 75.3 Å². The molecule has 0 radical (unpaired) electrons. The first-order chi connectivity index (χ1) is 8.75. The lowest BCUT2D eigenvalue weighted by Crippen LogP contribution is -2.41. The monoisotopic (exact) mass is 284 g/mol. The summed E-state index contributed by atoms with van der Waals surface area (Å²) in [6.07, 6.45) is 1.16. The maximum Gasteiger partial charge on any atom is 0.242 e. The van der Waals surface area contributed by atoms with Crippen LogP contribution >= 0.6 is 0 Å². The Kier molecular flexibility index (Phi) is 4.94. The van der Waals surface area contributed by atoms with Gasteiger partial charge in [-0.3, -0.25) is 4.79 Å². The van der Waals surface area contributed by atoms with E-state index in [-0.39, 0.29) is 22.8 Å². The molecule has 1 amide bonds. The van der Waals surface area contributed by atoms with Crippen molar-refractivity contribution < 1.29 is 13.2 Å². The van der Waals surface area contributed by atoms with E-state index in [0.717, 1.165) is 11.9 Å². The Labute approximate surface area is 114 Å². The van der Waals surface area contributed by atoms with E-state index in [1.165, 1.54) is 12.1 Å². The summed E-state index contributed by atoms with van der Waals surface area (Å²) in [5.74, 6) is 0.0247. The van der Waals surface area contributed by atoms with E-state index < -0.39 is 9.84 Å². The van der Waals surface area contributed by atoms with E-state index in [1.807, 2.05) is 13.8 Å². The molecular weight excluding hydrogens is 264 g/mol. The number of benzene rings is 1. The van der Waals surface area contributed by atoms with Gasteiger partial charge in [-0.2, -0.15) is 0 Å². The van der Waals surface area contributed by atoms with Crippen molar-refractivity contribution in [3.63, 3.8) is 0 Å². The molecular formula is C13H20N2O3S. The minimum Gasteiger partial charge on any atom is -0.373 e. The van der Waals surface area contributed by atoms with Crippen molar-refractivity contribution in [3.05, 3.63) is 24.3 Å². The third kappa shape index (κ3) is 4.24. The summed E-state index contributed by atoms with van der Waals surface area (Å²) in [6.45, 7) is 3.88. The molecule has 1 aromatic carbocycles. The minimum atomic E-state index is -3.19. The second-order valence-corrected chi connectivity index (χ2v) is 6.79. The number of nitrogens with one attached hydrogen (secondary N) is 2. The Hall–Kier alpha value is -1.56. The molecule has 0 fully saturated rings. The Balaban J connectivity index is 2.90. The van der Waals surface area contributed by atoms with Gasteiger partial charge in [0.1, 0.15) is 6.04 Å². The predicted molar refractivity (Wildman–Crippen MR) is 75.9 cm³/mol. The highest BCUT2D eigenvalue weighted by molar-refractivity contribution is 7.90. The molecule has 6 heteroatoms. The zero-order valence-corrected chi connectivity index (χ0v) is 12.4. The third-order valence-electron chi connectivity index (χ3n) is 2.80. The lowest BCUT2D eigenvalue weighted by atomic mass is 10.0. The number of anilines is 1. The second-order valence-electron chi connectivity index (χ2n) is 4.78. The first-order valence-electron chi connectivity index (χ1n) is 6.04. The fourth-order valence-corrected chi connectivity index (χ4v) is 2.30. The number of hydrogen-bond acceptors (Lipinski definition) is 4. The summed E-state index contributed by atoms with van der Waals surface area (Å²) in [4.78, 5) is 12.0. The van der Waals surface area contributed by atoms with Gasteiger partial charge in [0.25, 0.3) is 0 Å². The highest BCUT2D eigenvalue weighted by Gasteiger charge is 2.20. The Bertz CT molecular complexity index is 536. The second kappa shape index (κ2) is 6.06. The van der Waals surface area contributed by atoms with E-state index in [0.29, 0.717) is 0 Å². The average Bonchev–Trinajstić information content (AvgIpc) is 2.34. The summed E-state index contributed by atoms with van der Waals surface area (Å²) in [5, 5.41) is 5.71. The molecule has 1 rings (SSSR count). The van der Waals surface area contributed by atoms with Crippen molar-refractivity contribution in [2.45, 2.75) is 24.8 Å². The van der Waals surface area contributed by atoms with Crippen LogP contribution in [0.3, 0.4) is 0 Å². The number of likely N-dealkylation sites (N-methyl/N-ethyl adjacent to an activating group) is 1. The maximum atomic E-state index is 11.7. The van der Waals surface area contributed by atoms with Crippen molar-refractivity contribution in [1.82, 2.24) is 5.32 Å². The lowest BCUT2D eigenvalue weighted by molar-refractivity contribution is -0.122. The highest BCUT2D eigenvalue weighted by atomic mass is 32.2. The van der Waals surface area contributed by atoms with Crippen molar-refractivity contribution in [2.24, 2.45) is 5.92 Å². The number of carbonyl (C=O) groups excluding carboxylic acids is 1. The first kappa shape index (κ1) is 15.5. The van der Waals surface area contributed by atoms with Gasteiger partial charge >= 0.3 is 0 Å². The largest absolute Gasteiger partial charge is 0.373 e. The molecule has 0 saturated heterocycles.